The minimum absolute atomic E-state index is 0.307. The molecule has 0 aliphatic carbocycles. The first-order chi connectivity index (χ1) is 7.50. The second-order valence-corrected chi connectivity index (χ2v) is 4.28. The largest absolute Gasteiger partial charge is 0.462 e. The number of aryl methyl sites for hydroxylation is 1. The Morgan fingerprint density at radius 2 is 2.12 bits per heavy atom. The van der Waals surface area contributed by atoms with Crippen molar-refractivity contribution in [1.82, 2.24) is 0 Å². The number of hydrogen-bond acceptors (Lipinski definition) is 2. The Labute approximate surface area is 95.4 Å². The van der Waals surface area contributed by atoms with Crippen LogP contribution in [0.2, 0.25) is 0 Å². The van der Waals surface area contributed by atoms with Crippen molar-refractivity contribution in [1.29, 1.82) is 0 Å². The van der Waals surface area contributed by atoms with Crippen LogP contribution >= 0.6 is 0 Å². The summed E-state index contributed by atoms with van der Waals surface area (Å²) in [5.41, 5.74) is 0.862. The van der Waals surface area contributed by atoms with Crippen molar-refractivity contribution in [2.45, 2.75) is 27.2 Å². The van der Waals surface area contributed by atoms with Crippen LogP contribution in [0.4, 0.5) is 4.39 Å². The minimum atomic E-state index is -0.385. The van der Waals surface area contributed by atoms with Crippen LogP contribution in [0.5, 0.6) is 0 Å². The number of rotatable bonds is 4. The molecular weight excluding hydrogens is 207 g/mol. The van der Waals surface area contributed by atoms with Crippen molar-refractivity contribution >= 4 is 5.97 Å². The topological polar surface area (TPSA) is 26.3 Å². The van der Waals surface area contributed by atoms with E-state index in [1.807, 2.05) is 0 Å². The summed E-state index contributed by atoms with van der Waals surface area (Å²) >= 11 is 0. The quantitative estimate of drug-likeness (QED) is 0.733. The van der Waals surface area contributed by atoms with Crippen LogP contribution < -0.4 is 0 Å². The molecule has 1 rings (SSSR count). The fourth-order valence-corrected chi connectivity index (χ4v) is 1.24. The van der Waals surface area contributed by atoms with Crippen LogP contribution in [-0.4, -0.2) is 12.6 Å². The van der Waals surface area contributed by atoms with Crippen molar-refractivity contribution < 1.29 is 13.9 Å². The summed E-state index contributed by atoms with van der Waals surface area (Å²) in [6, 6.07) is 4.24. The Balaban J connectivity index is 2.56. The molecule has 1 aromatic rings. The fraction of sp³-hybridized carbons (Fsp3) is 0.462. The predicted molar refractivity (Wildman–Crippen MR) is 60.9 cm³/mol. The number of esters is 1. The molecule has 0 radical (unpaired) electrons. The molecule has 0 atom stereocenters. The SMILES string of the molecule is Cc1cc(C(=O)OCCC(C)C)ccc1F. The summed E-state index contributed by atoms with van der Waals surface area (Å²) in [7, 11) is 0. The van der Waals surface area contributed by atoms with E-state index >= 15 is 0 Å². The lowest BCUT2D eigenvalue weighted by Crippen LogP contribution is -2.08. The summed E-state index contributed by atoms with van der Waals surface area (Å²) < 4.78 is 18.0. The van der Waals surface area contributed by atoms with Gasteiger partial charge < -0.3 is 4.74 Å². The lowest BCUT2D eigenvalue weighted by Gasteiger charge is -2.07. The molecule has 0 aromatic heterocycles. The van der Waals surface area contributed by atoms with Gasteiger partial charge in [0.1, 0.15) is 5.82 Å². The molecule has 0 spiro atoms. The summed E-state index contributed by atoms with van der Waals surface area (Å²) in [6.45, 7) is 6.17. The third kappa shape index (κ3) is 3.65. The molecule has 0 amide bonds. The Morgan fingerprint density at radius 1 is 1.44 bits per heavy atom. The van der Waals surface area contributed by atoms with Crippen molar-refractivity contribution in [2.75, 3.05) is 6.61 Å². The highest BCUT2D eigenvalue weighted by atomic mass is 19.1. The van der Waals surface area contributed by atoms with Gasteiger partial charge in [0, 0.05) is 0 Å². The van der Waals surface area contributed by atoms with E-state index in [2.05, 4.69) is 13.8 Å². The van der Waals surface area contributed by atoms with E-state index in [1.165, 1.54) is 18.2 Å². The number of benzene rings is 1. The highest BCUT2D eigenvalue weighted by Gasteiger charge is 2.09. The third-order valence-corrected chi connectivity index (χ3v) is 2.32. The second-order valence-electron chi connectivity index (χ2n) is 4.28. The molecule has 0 saturated heterocycles. The van der Waals surface area contributed by atoms with E-state index in [4.69, 9.17) is 4.74 Å². The van der Waals surface area contributed by atoms with Gasteiger partial charge in [0.2, 0.25) is 0 Å². The standard InChI is InChI=1S/C13H17FO2/c1-9(2)6-7-16-13(15)11-4-5-12(14)10(3)8-11/h4-5,8-9H,6-7H2,1-3H3. The van der Waals surface area contributed by atoms with Crippen LogP contribution in [0.15, 0.2) is 18.2 Å². The fourth-order valence-electron chi connectivity index (χ4n) is 1.24. The number of ether oxygens (including phenoxy) is 1. The van der Waals surface area contributed by atoms with Gasteiger partial charge >= 0.3 is 5.97 Å². The van der Waals surface area contributed by atoms with Crippen LogP contribution in [0, 0.1) is 18.7 Å². The normalized spacial score (nSPS) is 10.6. The second kappa shape index (κ2) is 5.64. The molecule has 88 valence electrons. The molecule has 0 heterocycles. The Hall–Kier alpha value is -1.38. The molecule has 0 aliphatic rings. The summed E-state index contributed by atoms with van der Waals surface area (Å²) in [6.07, 6.45) is 0.839. The molecule has 0 fully saturated rings. The smallest absolute Gasteiger partial charge is 0.338 e. The highest BCUT2D eigenvalue weighted by Crippen LogP contribution is 2.10. The number of carbonyl (C=O) groups excluding carboxylic acids is 1. The van der Waals surface area contributed by atoms with Gasteiger partial charge in [-0.05, 0) is 43.0 Å². The van der Waals surface area contributed by atoms with Crippen molar-refractivity contribution in [3.05, 3.63) is 35.1 Å². The van der Waals surface area contributed by atoms with E-state index < -0.39 is 0 Å². The molecule has 16 heavy (non-hydrogen) atoms. The van der Waals surface area contributed by atoms with E-state index in [0.717, 1.165) is 6.42 Å². The summed E-state index contributed by atoms with van der Waals surface area (Å²) in [5, 5.41) is 0. The first-order valence-electron chi connectivity index (χ1n) is 5.44. The number of hydrogen-bond donors (Lipinski definition) is 0. The first-order valence-corrected chi connectivity index (χ1v) is 5.44. The molecule has 2 nitrogen and oxygen atoms in total. The molecular formula is C13H17FO2. The van der Waals surface area contributed by atoms with Crippen LogP contribution in [0.3, 0.4) is 0 Å². The van der Waals surface area contributed by atoms with Gasteiger partial charge in [0.25, 0.3) is 0 Å². The maximum atomic E-state index is 13.0. The van der Waals surface area contributed by atoms with Crippen LogP contribution in [0.25, 0.3) is 0 Å². The maximum absolute atomic E-state index is 13.0. The van der Waals surface area contributed by atoms with Crippen LogP contribution in [0.1, 0.15) is 36.2 Å². The van der Waals surface area contributed by atoms with Gasteiger partial charge in [-0.25, -0.2) is 9.18 Å². The third-order valence-electron chi connectivity index (χ3n) is 2.32. The summed E-state index contributed by atoms with van der Waals surface area (Å²) in [5.74, 6) is -0.190. The Morgan fingerprint density at radius 3 is 2.69 bits per heavy atom. The molecule has 0 unspecified atom stereocenters. The highest BCUT2D eigenvalue weighted by molar-refractivity contribution is 5.89. The van der Waals surface area contributed by atoms with E-state index in [0.29, 0.717) is 23.7 Å². The van der Waals surface area contributed by atoms with Crippen molar-refractivity contribution in [3.8, 4) is 0 Å². The summed E-state index contributed by atoms with van der Waals surface area (Å²) in [4.78, 5) is 11.5. The van der Waals surface area contributed by atoms with Gasteiger partial charge in [0.15, 0.2) is 0 Å². The van der Waals surface area contributed by atoms with Gasteiger partial charge in [-0.1, -0.05) is 13.8 Å². The van der Waals surface area contributed by atoms with E-state index in [1.54, 1.807) is 6.92 Å². The molecule has 0 saturated carbocycles. The van der Waals surface area contributed by atoms with Crippen LogP contribution in [-0.2, 0) is 4.74 Å². The van der Waals surface area contributed by atoms with E-state index in [-0.39, 0.29) is 11.8 Å². The predicted octanol–water partition coefficient (Wildman–Crippen LogP) is 3.34. The molecule has 0 N–H and O–H groups in total. The van der Waals surface area contributed by atoms with E-state index in [9.17, 15) is 9.18 Å². The molecule has 1 aromatic carbocycles. The molecule has 0 bridgehead atoms. The maximum Gasteiger partial charge on any atom is 0.338 e. The lowest BCUT2D eigenvalue weighted by molar-refractivity contribution is 0.0488. The molecule has 0 aliphatic heterocycles. The van der Waals surface area contributed by atoms with Crippen molar-refractivity contribution in [2.24, 2.45) is 5.92 Å². The zero-order valence-electron chi connectivity index (χ0n) is 9.92. The van der Waals surface area contributed by atoms with Gasteiger partial charge in [-0.2, -0.15) is 0 Å². The zero-order valence-corrected chi connectivity index (χ0v) is 9.92. The lowest BCUT2D eigenvalue weighted by atomic mass is 10.1. The zero-order chi connectivity index (χ0) is 12.1. The average Bonchev–Trinajstić information content (AvgIpc) is 2.21. The monoisotopic (exact) mass is 224 g/mol. The van der Waals surface area contributed by atoms with Gasteiger partial charge in [0.05, 0.1) is 12.2 Å². The number of halogens is 1. The van der Waals surface area contributed by atoms with Gasteiger partial charge in [-0.3, -0.25) is 0 Å². The Bertz CT molecular complexity index is 372. The Kier molecular flexibility index (Phi) is 4.47. The number of carbonyl (C=O) groups is 1. The average molecular weight is 224 g/mol. The van der Waals surface area contributed by atoms with Crippen molar-refractivity contribution in [3.63, 3.8) is 0 Å². The first kappa shape index (κ1) is 12.7. The van der Waals surface area contributed by atoms with Gasteiger partial charge in [-0.15, -0.1) is 0 Å². The molecule has 3 heteroatoms. The minimum Gasteiger partial charge on any atom is -0.462 e.